The van der Waals surface area contributed by atoms with E-state index in [9.17, 15) is 9.59 Å². The van der Waals surface area contributed by atoms with E-state index in [1.54, 1.807) is 43.5 Å². The fourth-order valence-electron chi connectivity index (χ4n) is 5.38. The summed E-state index contributed by atoms with van der Waals surface area (Å²) in [5.74, 6) is -1.06. The normalized spacial score (nSPS) is 18.8. The quantitative estimate of drug-likeness (QED) is 0.0592. The van der Waals surface area contributed by atoms with Crippen molar-refractivity contribution in [2.75, 3.05) is 34.2 Å². The molecule has 0 saturated carbocycles. The molecule has 2 aromatic carbocycles. The fourth-order valence-corrected chi connectivity index (χ4v) is 7.21. The van der Waals surface area contributed by atoms with Crippen LogP contribution in [0.4, 0.5) is 0 Å². The molecule has 0 radical (unpaired) electrons. The summed E-state index contributed by atoms with van der Waals surface area (Å²) in [5.41, 5.74) is 1.26. The molecule has 0 bridgehead atoms. The predicted octanol–water partition coefficient (Wildman–Crippen LogP) is 9.54. The zero-order valence-electron chi connectivity index (χ0n) is 34.8. The number of esters is 2. The molecule has 1 aliphatic rings. The van der Waals surface area contributed by atoms with Crippen molar-refractivity contribution in [3.8, 4) is 11.5 Å². The standard InChI is InChI=1S/C42H64O10Si2/c1-30(28-49-54(12,13)41(2,3)4)22-23-34(50-39(43)31-18-15-14-16-19-31)38-35(51-42(5,6)52-38)21-17-20-32-26-33(46-8)27-36(48-29-45-7)37(32)40(44)47-24-25-53(9,10)11/h14-20,22-23,26-27,30,34-35,38H,21,24-25,28-29H2,1-13H3/b20-17+,23-22-/t30-,34?,35+,38?/m1/s1. The molecule has 12 heteroatoms. The Hall–Kier alpha value is -3.27. The molecule has 2 unspecified atom stereocenters. The van der Waals surface area contributed by atoms with Crippen LogP contribution in [0.25, 0.3) is 6.08 Å². The molecule has 1 aliphatic heterocycles. The van der Waals surface area contributed by atoms with Crippen molar-refractivity contribution >= 4 is 34.4 Å². The Kier molecular flexibility index (Phi) is 16.3. The van der Waals surface area contributed by atoms with Crippen LogP contribution in [0.3, 0.4) is 0 Å². The highest BCUT2D eigenvalue weighted by atomic mass is 28.4. The largest absolute Gasteiger partial charge is 0.497 e. The van der Waals surface area contributed by atoms with E-state index in [4.69, 9.17) is 37.6 Å². The van der Waals surface area contributed by atoms with Gasteiger partial charge >= 0.3 is 11.9 Å². The van der Waals surface area contributed by atoms with E-state index in [1.807, 2.05) is 44.2 Å². The molecule has 300 valence electrons. The third kappa shape index (κ3) is 13.8. The predicted molar refractivity (Wildman–Crippen MR) is 219 cm³/mol. The summed E-state index contributed by atoms with van der Waals surface area (Å²) in [7, 11) is -0.335. The van der Waals surface area contributed by atoms with E-state index in [0.717, 1.165) is 6.04 Å². The average Bonchev–Trinajstić information content (AvgIpc) is 3.40. The monoisotopic (exact) mass is 784 g/mol. The van der Waals surface area contributed by atoms with Gasteiger partial charge in [0.15, 0.2) is 20.9 Å². The van der Waals surface area contributed by atoms with Crippen LogP contribution in [0, 0.1) is 5.92 Å². The summed E-state index contributed by atoms with van der Waals surface area (Å²) in [6, 6.07) is 13.1. The lowest BCUT2D eigenvalue weighted by Gasteiger charge is -2.36. The van der Waals surface area contributed by atoms with Crippen molar-refractivity contribution in [2.45, 2.75) is 116 Å². The van der Waals surface area contributed by atoms with Crippen molar-refractivity contribution in [3.05, 3.63) is 77.4 Å². The summed E-state index contributed by atoms with van der Waals surface area (Å²) in [5, 5.41) is 0.0870. The lowest BCUT2D eigenvalue weighted by molar-refractivity contribution is -0.152. The molecule has 3 rings (SSSR count). The first-order chi connectivity index (χ1) is 25.2. The molecule has 0 aromatic heterocycles. The van der Waals surface area contributed by atoms with Gasteiger partial charge < -0.3 is 37.6 Å². The number of benzene rings is 2. The third-order valence-electron chi connectivity index (χ3n) is 9.57. The highest BCUT2D eigenvalue weighted by Gasteiger charge is 2.45. The maximum absolute atomic E-state index is 13.6. The zero-order chi connectivity index (χ0) is 40.3. The highest BCUT2D eigenvalue weighted by molar-refractivity contribution is 6.76. The van der Waals surface area contributed by atoms with Crippen LogP contribution in [0.5, 0.6) is 11.5 Å². The number of hydrogen-bond donors (Lipinski definition) is 0. The van der Waals surface area contributed by atoms with Crippen molar-refractivity contribution in [2.24, 2.45) is 5.92 Å². The van der Waals surface area contributed by atoms with Crippen LogP contribution in [-0.2, 0) is 28.1 Å². The molecule has 1 heterocycles. The van der Waals surface area contributed by atoms with E-state index in [2.05, 4.69) is 60.4 Å². The molecule has 0 spiro atoms. The van der Waals surface area contributed by atoms with E-state index >= 15 is 0 Å². The van der Waals surface area contributed by atoms with Gasteiger partial charge in [-0.25, -0.2) is 9.59 Å². The van der Waals surface area contributed by atoms with Crippen LogP contribution >= 0.6 is 0 Å². The minimum Gasteiger partial charge on any atom is -0.497 e. The summed E-state index contributed by atoms with van der Waals surface area (Å²) >= 11 is 0. The van der Waals surface area contributed by atoms with Crippen LogP contribution in [0.1, 0.15) is 74.2 Å². The second-order valence-corrected chi connectivity index (χ2v) is 27.5. The van der Waals surface area contributed by atoms with Gasteiger partial charge in [0.1, 0.15) is 29.3 Å². The van der Waals surface area contributed by atoms with Gasteiger partial charge in [-0.2, -0.15) is 0 Å². The molecular formula is C42H64O10Si2. The maximum Gasteiger partial charge on any atom is 0.342 e. The molecule has 10 nitrogen and oxygen atoms in total. The van der Waals surface area contributed by atoms with Crippen LogP contribution in [0.2, 0.25) is 43.8 Å². The maximum atomic E-state index is 13.6. The zero-order valence-corrected chi connectivity index (χ0v) is 36.8. The Morgan fingerprint density at radius 2 is 1.65 bits per heavy atom. The number of ether oxygens (including phenoxy) is 7. The van der Waals surface area contributed by atoms with Gasteiger partial charge in [0.2, 0.25) is 0 Å². The first-order valence-corrected chi connectivity index (χ1v) is 25.4. The molecule has 2 aromatic rings. The Balaban J connectivity index is 1.94. The summed E-state index contributed by atoms with van der Waals surface area (Å²) in [4.78, 5) is 27.0. The second-order valence-electron chi connectivity index (χ2n) is 17.0. The number of rotatable bonds is 19. The van der Waals surface area contributed by atoms with Gasteiger partial charge in [-0.1, -0.05) is 83.8 Å². The molecular weight excluding hydrogens is 721 g/mol. The summed E-state index contributed by atoms with van der Waals surface area (Å²) in [6.45, 7) is 24.4. The Bertz CT molecular complexity index is 1570. The summed E-state index contributed by atoms with van der Waals surface area (Å²) in [6.07, 6.45) is 6.11. The Morgan fingerprint density at radius 1 is 0.963 bits per heavy atom. The lowest BCUT2D eigenvalue weighted by Crippen LogP contribution is -2.41. The second kappa shape index (κ2) is 19.5. The highest BCUT2D eigenvalue weighted by Crippen LogP contribution is 2.38. The molecule has 1 saturated heterocycles. The molecule has 1 fully saturated rings. The molecule has 4 atom stereocenters. The minimum atomic E-state index is -1.96. The van der Waals surface area contributed by atoms with Crippen molar-refractivity contribution in [1.29, 1.82) is 0 Å². The van der Waals surface area contributed by atoms with Crippen molar-refractivity contribution < 1.29 is 47.2 Å². The van der Waals surface area contributed by atoms with Gasteiger partial charge in [0.05, 0.1) is 25.4 Å². The first-order valence-electron chi connectivity index (χ1n) is 18.8. The van der Waals surface area contributed by atoms with E-state index in [1.165, 1.54) is 7.11 Å². The van der Waals surface area contributed by atoms with Gasteiger partial charge in [-0.15, -0.1) is 0 Å². The lowest BCUT2D eigenvalue weighted by atomic mass is 10.0. The number of carbonyl (C=O) groups excluding carboxylic acids is 2. The van der Waals surface area contributed by atoms with Gasteiger partial charge in [-0.05, 0) is 80.2 Å². The Morgan fingerprint density at radius 3 is 2.26 bits per heavy atom. The number of carbonyl (C=O) groups is 2. The topological polar surface area (TPSA) is 108 Å². The molecule has 0 N–H and O–H groups in total. The Labute approximate surface area is 325 Å². The summed E-state index contributed by atoms with van der Waals surface area (Å²) < 4.78 is 47.8. The minimum absolute atomic E-state index is 0.0530. The smallest absolute Gasteiger partial charge is 0.342 e. The molecule has 54 heavy (non-hydrogen) atoms. The average molecular weight is 785 g/mol. The fraction of sp³-hybridized carbons (Fsp3) is 0.571. The molecule has 0 aliphatic carbocycles. The van der Waals surface area contributed by atoms with Crippen LogP contribution in [-0.4, -0.2) is 86.7 Å². The van der Waals surface area contributed by atoms with Gasteiger partial charge in [0, 0.05) is 27.9 Å². The van der Waals surface area contributed by atoms with Crippen LogP contribution in [0.15, 0.2) is 60.7 Å². The van der Waals surface area contributed by atoms with Crippen LogP contribution < -0.4 is 9.47 Å². The number of methoxy groups -OCH3 is 2. The van der Waals surface area contributed by atoms with Crippen molar-refractivity contribution in [3.63, 3.8) is 0 Å². The van der Waals surface area contributed by atoms with E-state index in [0.29, 0.717) is 36.5 Å². The van der Waals surface area contributed by atoms with E-state index in [-0.39, 0.29) is 29.1 Å². The first kappa shape index (κ1) is 45.1. The molecule has 0 amide bonds. The van der Waals surface area contributed by atoms with Gasteiger partial charge in [-0.3, -0.25) is 0 Å². The number of hydrogen-bond acceptors (Lipinski definition) is 10. The van der Waals surface area contributed by atoms with Crippen molar-refractivity contribution in [1.82, 2.24) is 0 Å². The third-order valence-corrected chi connectivity index (χ3v) is 15.8. The van der Waals surface area contributed by atoms with Gasteiger partial charge in [0.25, 0.3) is 0 Å². The van der Waals surface area contributed by atoms with E-state index < -0.39 is 52.4 Å². The SMILES string of the molecule is COCOc1cc(OC)cc(/C=C/C[C@@H]2OC(C)(C)OC2C(/C=C\[C@@H](C)CO[Si](C)(C)C(C)(C)C)OC(=O)c2ccccc2)c1C(=O)OCC[Si](C)(C)C.